The van der Waals surface area contributed by atoms with Gasteiger partial charge < -0.3 is 9.52 Å². The molecule has 0 amide bonds. The Morgan fingerprint density at radius 1 is 1.00 bits per heavy atom. The average molecular weight is 475 g/mol. The van der Waals surface area contributed by atoms with Crippen LogP contribution in [0.3, 0.4) is 0 Å². The number of hydrogen-bond acceptors (Lipinski definition) is 4. The fourth-order valence-electron chi connectivity index (χ4n) is 3.52. The molecule has 7 heteroatoms. The summed E-state index contributed by atoms with van der Waals surface area (Å²) in [5.74, 6) is -0.181. The second-order valence-electron chi connectivity index (χ2n) is 7.34. The molecule has 0 atom stereocenters. The van der Waals surface area contributed by atoms with E-state index >= 15 is 0 Å². The van der Waals surface area contributed by atoms with Gasteiger partial charge in [0, 0.05) is 22.2 Å². The lowest BCUT2D eigenvalue weighted by atomic mass is 10.1. The molecule has 0 saturated carbocycles. The molecular formula is C26H16Cl2N2O3. The summed E-state index contributed by atoms with van der Waals surface area (Å²) in [6.45, 7) is 0. The third kappa shape index (κ3) is 4.16. The highest BCUT2D eigenvalue weighted by Crippen LogP contribution is 2.33. The predicted octanol–water partition coefficient (Wildman–Crippen LogP) is 7.19. The van der Waals surface area contributed by atoms with Crippen molar-refractivity contribution < 1.29 is 14.3 Å². The number of allylic oxidation sites excluding steroid dienone is 1. The predicted molar refractivity (Wildman–Crippen MR) is 130 cm³/mol. The van der Waals surface area contributed by atoms with E-state index in [0.717, 1.165) is 16.7 Å². The molecule has 2 heterocycles. The molecule has 1 N–H and O–H groups in total. The molecule has 0 radical (unpaired) electrons. The fraction of sp³-hybridized carbons (Fsp3) is 0. The van der Waals surface area contributed by atoms with Gasteiger partial charge in [-0.15, -0.1) is 0 Å². The van der Waals surface area contributed by atoms with Crippen LogP contribution in [0.4, 0.5) is 0 Å². The molecule has 0 unspecified atom stereocenters. The van der Waals surface area contributed by atoms with E-state index in [-0.39, 0.29) is 21.4 Å². The molecule has 5 rings (SSSR count). The van der Waals surface area contributed by atoms with Crippen LogP contribution in [-0.2, 0) is 0 Å². The van der Waals surface area contributed by atoms with Gasteiger partial charge in [0.05, 0.1) is 16.3 Å². The number of ketones is 1. The van der Waals surface area contributed by atoms with E-state index in [0.29, 0.717) is 17.0 Å². The van der Waals surface area contributed by atoms with Crippen LogP contribution in [-0.4, -0.2) is 20.7 Å². The van der Waals surface area contributed by atoms with Crippen molar-refractivity contribution in [3.05, 3.63) is 106 Å². The van der Waals surface area contributed by atoms with Crippen molar-refractivity contribution in [1.82, 2.24) is 9.78 Å². The number of carbonyl (C=O) groups is 1. The lowest BCUT2D eigenvalue weighted by molar-refractivity contribution is 0.104. The zero-order chi connectivity index (χ0) is 22.9. The molecule has 0 aliphatic rings. The van der Waals surface area contributed by atoms with Crippen molar-refractivity contribution in [1.29, 1.82) is 0 Å². The van der Waals surface area contributed by atoms with Gasteiger partial charge in [-0.1, -0.05) is 59.6 Å². The summed E-state index contributed by atoms with van der Waals surface area (Å²) in [7, 11) is 0. The Labute approximate surface area is 199 Å². The first-order chi connectivity index (χ1) is 16.0. The monoisotopic (exact) mass is 474 g/mol. The molecule has 5 nitrogen and oxygen atoms in total. The summed E-state index contributed by atoms with van der Waals surface area (Å²) in [5, 5.41) is 16.1. The minimum atomic E-state index is -0.445. The molecule has 2 aromatic heterocycles. The smallest absolute Gasteiger partial charge is 0.189 e. The van der Waals surface area contributed by atoms with Crippen LogP contribution in [0.1, 0.15) is 15.9 Å². The number of furan rings is 1. The normalized spacial score (nSPS) is 11.5. The Kier molecular flexibility index (Phi) is 5.50. The summed E-state index contributed by atoms with van der Waals surface area (Å²) in [4.78, 5) is 12.8. The van der Waals surface area contributed by atoms with E-state index in [1.54, 1.807) is 10.8 Å². The minimum Gasteiger partial charge on any atom is -0.506 e. The second-order valence-corrected chi connectivity index (χ2v) is 8.19. The van der Waals surface area contributed by atoms with Crippen LogP contribution in [0.15, 0.2) is 89.5 Å². The molecular weight excluding hydrogens is 459 g/mol. The standard InChI is InChI=1S/C26H16Cl2N2O3/c27-18-13-20(26(32)21(28)14-18)22(31)11-10-17-15-30(19-7-2-1-3-8-19)29-25(17)24-12-16-6-4-5-9-23(16)33-24/h1-15,32H/b11-10+. The summed E-state index contributed by atoms with van der Waals surface area (Å²) < 4.78 is 7.74. The topological polar surface area (TPSA) is 68.3 Å². The van der Waals surface area contributed by atoms with E-state index in [2.05, 4.69) is 0 Å². The Hall–Kier alpha value is -3.80. The summed E-state index contributed by atoms with van der Waals surface area (Å²) in [6, 6.07) is 22.0. The maximum absolute atomic E-state index is 12.8. The number of carbonyl (C=O) groups excluding carboxylic acids is 1. The lowest BCUT2D eigenvalue weighted by Crippen LogP contribution is -1.95. The van der Waals surface area contributed by atoms with Crippen LogP contribution in [0, 0.1) is 0 Å². The number of fused-ring (bicyclic) bond motifs is 1. The van der Waals surface area contributed by atoms with E-state index in [1.165, 1.54) is 18.2 Å². The van der Waals surface area contributed by atoms with Gasteiger partial charge in [0.15, 0.2) is 11.5 Å². The van der Waals surface area contributed by atoms with Crippen molar-refractivity contribution in [2.75, 3.05) is 0 Å². The molecule has 0 saturated heterocycles. The number of rotatable bonds is 5. The number of aromatic hydroxyl groups is 1. The Balaban J connectivity index is 1.58. The fourth-order valence-corrected chi connectivity index (χ4v) is 4.01. The van der Waals surface area contributed by atoms with Gasteiger partial charge in [-0.2, -0.15) is 5.10 Å². The maximum Gasteiger partial charge on any atom is 0.189 e. The van der Waals surface area contributed by atoms with E-state index in [9.17, 15) is 9.90 Å². The summed E-state index contributed by atoms with van der Waals surface area (Å²) in [6.07, 6.45) is 4.79. The summed E-state index contributed by atoms with van der Waals surface area (Å²) >= 11 is 12.0. The number of benzene rings is 3. The molecule has 0 spiro atoms. The van der Waals surface area contributed by atoms with E-state index in [4.69, 9.17) is 32.7 Å². The highest BCUT2D eigenvalue weighted by molar-refractivity contribution is 6.36. The van der Waals surface area contributed by atoms with Gasteiger partial charge in [0.25, 0.3) is 0 Å². The SMILES string of the molecule is O=C(/C=C/c1cn(-c2ccccc2)nc1-c1cc2ccccc2o1)c1cc(Cl)cc(Cl)c1O. The largest absolute Gasteiger partial charge is 0.506 e. The van der Waals surface area contributed by atoms with E-state index in [1.807, 2.05) is 66.9 Å². The zero-order valence-electron chi connectivity index (χ0n) is 17.1. The first-order valence-electron chi connectivity index (χ1n) is 10.0. The first-order valence-corrected chi connectivity index (χ1v) is 10.8. The van der Waals surface area contributed by atoms with Gasteiger partial charge in [0.1, 0.15) is 17.0 Å². The third-order valence-corrected chi connectivity index (χ3v) is 5.64. The van der Waals surface area contributed by atoms with Gasteiger partial charge in [-0.3, -0.25) is 4.79 Å². The first kappa shape index (κ1) is 21.1. The molecule has 33 heavy (non-hydrogen) atoms. The number of aromatic nitrogens is 2. The summed E-state index contributed by atoms with van der Waals surface area (Å²) in [5.41, 5.74) is 2.86. The van der Waals surface area contributed by atoms with Crippen molar-refractivity contribution >= 4 is 46.0 Å². The Morgan fingerprint density at radius 3 is 2.55 bits per heavy atom. The zero-order valence-corrected chi connectivity index (χ0v) is 18.6. The molecule has 3 aromatic carbocycles. The minimum absolute atomic E-state index is 0.0131. The molecule has 0 aliphatic carbocycles. The van der Waals surface area contributed by atoms with E-state index < -0.39 is 5.78 Å². The molecule has 5 aromatic rings. The number of halogens is 2. The number of phenolic OH excluding ortho intramolecular Hbond substituents is 1. The number of nitrogens with zero attached hydrogens (tertiary/aromatic N) is 2. The van der Waals surface area contributed by atoms with Crippen molar-refractivity contribution in [2.24, 2.45) is 0 Å². The number of hydrogen-bond donors (Lipinski definition) is 1. The van der Waals surface area contributed by atoms with Gasteiger partial charge in [0.2, 0.25) is 0 Å². The van der Waals surface area contributed by atoms with Crippen molar-refractivity contribution in [2.45, 2.75) is 0 Å². The van der Waals surface area contributed by atoms with Gasteiger partial charge >= 0.3 is 0 Å². The second kappa shape index (κ2) is 8.62. The Bertz CT molecular complexity index is 1480. The quantitative estimate of drug-likeness (QED) is 0.216. The molecule has 162 valence electrons. The maximum atomic E-state index is 12.8. The van der Waals surface area contributed by atoms with Crippen molar-refractivity contribution in [3.63, 3.8) is 0 Å². The highest BCUT2D eigenvalue weighted by Gasteiger charge is 2.17. The lowest BCUT2D eigenvalue weighted by Gasteiger charge is -2.03. The molecule has 0 bridgehead atoms. The molecule has 0 fully saturated rings. The number of phenols is 1. The van der Waals surface area contributed by atoms with Crippen LogP contribution in [0.2, 0.25) is 10.0 Å². The highest BCUT2D eigenvalue weighted by atomic mass is 35.5. The third-order valence-electron chi connectivity index (χ3n) is 5.13. The Morgan fingerprint density at radius 2 is 1.76 bits per heavy atom. The van der Waals surface area contributed by atoms with Crippen molar-refractivity contribution in [3.8, 4) is 22.9 Å². The van der Waals surface area contributed by atoms with Crippen LogP contribution in [0.5, 0.6) is 5.75 Å². The van der Waals surface area contributed by atoms with Gasteiger partial charge in [-0.05, 0) is 48.6 Å². The van der Waals surface area contributed by atoms with Crippen LogP contribution in [0.25, 0.3) is 34.2 Å². The number of para-hydroxylation sites is 2. The van der Waals surface area contributed by atoms with Crippen LogP contribution < -0.4 is 0 Å². The average Bonchev–Trinajstić information content (AvgIpc) is 3.44. The van der Waals surface area contributed by atoms with Crippen LogP contribution >= 0.6 is 23.2 Å². The molecule has 0 aliphatic heterocycles. The van der Waals surface area contributed by atoms with Gasteiger partial charge in [-0.25, -0.2) is 4.68 Å².